The molecule has 4 rings (SSSR count). The number of allylic oxidation sites excluding steroid dienone is 1. The number of β-lactam (4-membered cyclic amide) rings is 1. The van der Waals surface area contributed by atoms with E-state index < -0.39 is 28.2 Å². The summed E-state index contributed by atoms with van der Waals surface area (Å²) < 4.78 is 15.8. The molecular weight excluding hydrogens is 551 g/mol. The first kappa shape index (κ1) is 27.8. The van der Waals surface area contributed by atoms with Gasteiger partial charge in [-0.3, -0.25) is 19.5 Å². The molecule has 2 aliphatic heterocycles. The zero-order valence-electron chi connectivity index (χ0n) is 20.6. The van der Waals surface area contributed by atoms with Gasteiger partial charge in [-0.25, -0.2) is 4.79 Å². The summed E-state index contributed by atoms with van der Waals surface area (Å²) in [5.74, 6) is -0.893. The van der Waals surface area contributed by atoms with Gasteiger partial charge < -0.3 is 14.2 Å². The molecule has 0 spiro atoms. The number of esters is 2. The predicted molar refractivity (Wildman–Crippen MR) is 147 cm³/mol. The van der Waals surface area contributed by atoms with Gasteiger partial charge in [-0.15, -0.1) is 11.8 Å². The van der Waals surface area contributed by atoms with Crippen molar-refractivity contribution in [3.63, 3.8) is 0 Å². The first-order valence-electron chi connectivity index (χ1n) is 11.5. The van der Waals surface area contributed by atoms with E-state index in [2.05, 4.69) is 4.99 Å². The molecule has 1 amide bonds. The number of benzene rings is 2. The van der Waals surface area contributed by atoms with Crippen molar-refractivity contribution in [2.45, 2.75) is 23.9 Å². The summed E-state index contributed by atoms with van der Waals surface area (Å²) in [6.07, 6.45) is 3.02. The average molecular weight is 575 g/mol. The number of carbonyl (C=O) groups excluding carboxylic acids is 3. The number of halogens is 2. The molecular formula is C27H24Cl2N2O6S. The smallest absolute Gasteiger partial charge is 0.355 e. The summed E-state index contributed by atoms with van der Waals surface area (Å²) >= 11 is 14.3. The largest absolute Gasteiger partial charge is 0.497 e. The third-order valence-corrected chi connectivity index (χ3v) is 7.91. The second kappa shape index (κ2) is 12.1. The van der Waals surface area contributed by atoms with Crippen molar-refractivity contribution in [3.8, 4) is 5.75 Å². The number of alkyl halides is 1. The van der Waals surface area contributed by atoms with Crippen molar-refractivity contribution in [1.82, 2.24) is 4.90 Å². The molecule has 38 heavy (non-hydrogen) atoms. The van der Waals surface area contributed by atoms with E-state index in [0.717, 1.165) is 11.1 Å². The predicted octanol–water partition coefficient (Wildman–Crippen LogP) is 4.76. The zero-order valence-corrected chi connectivity index (χ0v) is 22.9. The van der Waals surface area contributed by atoms with Gasteiger partial charge in [0.05, 0.1) is 12.1 Å². The summed E-state index contributed by atoms with van der Waals surface area (Å²) in [6, 6.07) is 16.4. The van der Waals surface area contributed by atoms with Gasteiger partial charge >= 0.3 is 11.9 Å². The number of rotatable bonds is 9. The molecule has 0 bridgehead atoms. The summed E-state index contributed by atoms with van der Waals surface area (Å²) in [5.41, 5.74) is 2.04. The number of methoxy groups -OCH3 is 1. The van der Waals surface area contributed by atoms with Crippen LogP contribution in [0.3, 0.4) is 0 Å². The second-order valence-electron chi connectivity index (χ2n) is 8.37. The minimum absolute atomic E-state index is 0.00547. The van der Waals surface area contributed by atoms with Gasteiger partial charge in [-0.05, 0) is 29.3 Å². The molecule has 0 radical (unpaired) electrons. The minimum atomic E-state index is -1.65. The maximum absolute atomic E-state index is 13.3. The number of hydrogen-bond acceptors (Lipinski definition) is 8. The maximum Gasteiger partial charge on any atom is 0.355 e. The first-order valence-corrected chi connectivity index (χ1v) is 13.3. The molecule has 0 aromatic heterocycles. The Morgan fingerprint density at radius 1 is 1.13 bits per heavy atom. The molecule has 2 aromatic carbocycles. The topological polar surface area (TPSA) is 94.5 Å². The highest BCUT2D eigenvalue weighted by Gasteiger charge is 2.64. The van der Waals surface area contributed by atoms with Gasteiger partial charge in [-0.1, -0.05) is 65.7 Å². The van der Waals surface area contributed by atoms with Gasteiger partial charge in [0.25, 0.3) is 5.91 Å². The van der Waals surface area contributed by atoms with E-state index in [1.54, 1.807) is 37.5 Å². The van der Waals surface area contributed by atoms with Crippen molar-refractivity contribution >= 4 is 65.1 Å². The lowest BCUT2D eigenvalue weighted by atomic mass is 10.0. The lowest BCUT2D eigenvalue weighted by Gasteiger charge is -2.52. The molecule has 0 saturated carbocycles. The van der Waals surface area contributed by atoms with Crippen LogP contribution in [0.15, 0.2) is 75.9 Å². The third-order valence-electron chi connectivity index (χ3n) is 5.72. The highest BCUT2D eigenvalue weighted by molar-refractivity contribution is 8.00. The van der Waals surface area contributed by atoms with Crippen LogP contribution in [0.4, 0.5) is 0 Å². The van der Waals surface area contributed by atoms with E-state index in [4.69, 9.17) is 37.4 Å². The molecule has 2 heterocycles. The Labute approximate surface area is 234 Å². The molecule has 1 saturated heterocycles. The Balaban J connectivity index is 1.53. The number of ether oxygens (including phenoxy) is 3. The molecule has 0 aliphatic carbocycles. The molecule has 2 atom stereocenters. The Bertz CT molecular complexity index is 1310. The fourth-order valence-electron chi connectivity index (χ4n) is 3.81. The normalized spacial score (nSPS) is 21.2. The van der Waals surface area contributed by atoms with Crippen LogP contribution < -0.4 is 4.74 Å². The van der Waals surface area contributed by atoms with E-state index in [0.29, 0.717) is 11.3 Å². The SMILES string of the molecule is COc1ccc(COC(=O)C2=C(COC(C)=O)CS[C@H]3N2C(=O)[C@@]3(Cl)N=CC(Cl)=Cc2ccccc2)cc1. The van der Waals surface area contributed by atoms with E-state index >= 15 is 0 Å². The number of aliphatic imine (C=N–C) groups is 1. The minimum Gasteiger partial charge on any atom is -0.497 e. The average Bonchev–Trinajstić information content (AvgIpc) is 2.93. The van der Waals surface area contributed by atoms with Crippen molar-refractivity contribution in [1.29, 1.82) is 0 Å². The van der Waals surface area contributed by atoms with Gasteiger partial charge in [0.2, 0.25) is 5.00 Å². The van der Waals surface area contributed by atoms with Crippen LogP contribution in [0.5, 0.6) is 5.75 Å². The Kier molecular flexibility index (Phi) is 8.81. The number of fused-ring (bicyclic) bond motifs is 1. The van der Waals surface area contributed by atoms with Gasteiger partial charge in [0, 0.05) is 24.5 Å². The molecule has 2 aromatic rings. The summed E-state index contributed by atoms with van der Waals surface area (Å²) in [4.78, 5) is 41.8. The van der Waals surface area contributed by atoms with E-state index in [9.17, 15) is 14.4 Å². The molecule has 11 heteroatoms. The van der Waals surface area contributed by atoms with Crippen molar-refractivity contribution in [2.24, 2.45) is 4.99 Å². The van der Waals surface area contributed by atoms with Crippen LogP contribution in [0.1, 0.15) is 18.1 Å². The van der Waals surface area contributed by atoms with Crippen molar-refractivity contribution < 1.29 is 28.6 Å². The molecule has 1 fully saturated rings. The molecule has 8 nitrogen and oxygen atoms in total. The fourth-order valence-corrected chi connectivity index (χ4v) is 5.72. The number of thioether (sulfide) groups is 1. The Morgan fingerprint density at radius 3 is 2.50 bits per heavy atom. The van der Waals surface area contributed by atoms with E-state index in [1.807, 2.05) is 30.3 Å². The van der Waals surface area contributed by atoms with Gasteiger partial charge in [0.1, 0.15) is 30.0 Å². The lowest BCUT2D eigenvalue weighted by Crippen LogP contribution is -2.70. The Hall–Kier alpha value is -3.27. The summed E-state index contributed by atoms with van der Waals surface area (Å²) in [7, 11) is 1.56. The van der Waals surface area contributed by atoms with Crippen LogP contribution in [0.2, 0.25) is 0 Å². The van der Waals surface area contributed by atoms with Crippen LogP contribution in [-0.4, -0.2) is 58.8 Å². The number of nitrogens with zero attached hydrogens (tertiary/aromatic N) is 2. The molecule has 198 valence electrons. The number of hydrogen-bond donors (Lipinski definition) is 0. The van der Waals surface area contributed by atoms with Crippen LogP contribution in [0, 0.1) is 0 Å². The van der Waals surface area contributed by atoms with Gasteiger partial charge in [0.15, 0.2) is 0 Å². The van der Waals surface area contributed by atoms with Crippen LogP contribution in [0.25, 0.3) is 6.08 Å². The monoisotopic (exact) mass is 574 g/mol. The Morgan fingerprint density at radius 2 is 1.84 bits per heavy atom. The number of amides is 1. The van der Waals surface area contributed by atoms with Crippen molar-refractivity contribution in [2.75, 3.05) is 19.5 Å². The van der Waals surface area contributed by atoms with Crippen molar-refractivity contribution in [3.05, 3.63) is 82.0 Å². The molecule has 2 aliphatic rings. The second-order valence-corrected chi connectivity index (χ2v) is 10.4. The standard InChI is InChI=1S/C27H24Cl2N2O6S/c1-17(32)36-15-20-16-38-26-27(29,30-13-21(28)12-18-6-4-3-5-7-18)25(34)31(26)23(20)24(33)37-14-19-8-10-22(35-2)11-9-19/h3-13,26H,14-16H2,1-2H3/t26-,27-/m1/s1. The molecule has 0 unspecified atom stereocenters. The highest BCUT2D eigenvalue weighted by Crippen LogP contribution is 2.50. The quantitative estimate of drug-likeness (QED) is 0.140. The van der Waals surface area contributed by atoms with E-state index in [1.165, 1.54) is 29.8 Å². The highest BCUT2D eigenvalue weighted by atomic mass is 35.5. The van der Waals surface area contributed by atoms with Gasteiger partial charge in [-0.2, -0.15) is 0 Å². The fraction of sp³-hybridized carbons (Fsp3) is 0.259. The first-order chi connectivity index (χ1) is 18.2. The third kappa shape index (κ3) is 6.06. The number of carbonyl (C=O) groups is 3. The molecule has 0 N–H and O–H groups in total. The van der Waals surface area contributed by atoms with Crippen LogP contribution in [-0.2, 0) is 30.5 Å². The zero-order chi connectivity index (χ0) is 27.3. The summed E-state index contributed by atoms with van der Waals surface area (Å²) in [6.45, 7) is 1.08. The lowest BCUT2D eigenvalue weighted by molar-refractivity contribution is -0.153. The maximum atomic E-state index is 13.3. The summed E-state index contributed by atoms with van der Waals surface area (Å²) in [5, 5.41) is -0.396. The van der Waals surface area contributed by atoms with Crippen LogP contribution >= 0.6 is 35.0 Å². The van der Waals surface area contributed by atoms with E-state index in [-0.39, 0.29) is 29.7 Å².